The fourth-order valence-electron chi connectivity index (χ4n) is 3.63. The van der Waals surface area contributed by atoms with Crippen molar-refractivity contribution in [3.63, 3.8) is 0 Å². The summed E-state index contributed by atoms with van der Waals surface area (Å²) < 4.78 is 0. The number of nitrogens with one attached hydrogen (secondary N) is 1. The maximum absolute atomic E-state index is 12.9. The average Bonchev–Trinajstić information content (AvgIpc) is 3.49. The number of urea groups is 1. The van der Waals surface area contributed by atoms with Gasteiger partial charge in [-0.05, 0) is 43.0 Å². The fraction of sp³-hybridized carbons (Fsp3) is 0.348. The molecule has 0 unspecified atom stereocenters. The van der Waals surface area contributed by atoms with E-state index < -0.39 is 0 Å². The monoisotopic (exact) mass is 391 g/mol. The number of nitrogens with zero attached hydrogens (tertiary/aromatic N) is 2. The van der Waals surface area contributed by atoms with E-state index in [4.69, 9.17) is 0 Å². The number of hydrogen-bond acceptors (Lipinski definition) is 3. The highest BCUT2D eigenvalue weighted by atomic mass is 16.2. The summed E-state index contributed by atoms with van der Waals surface area (Å²) in [4.78, 5) is 39.6. The summed E-state index contributed by atoms with van der Waals surface area (Å²) >= 11 is 0. The molecule has 1 aliphatic carbocycles. The maximum atomic E-state index is 12.9. The van der Waals surface area contributed by atoms with E-state index in [1.54, 1.807) is 0 Å². The molecule has 4 rings (SSSR count). The average molecular weight is 391 g/mol. The van der Waals surface area contributed by atoms with Crippen molar-refractivity contribution in [1.29, 1.82) is 0 Å². The number of benzene rings is 2. The molecular weight excluding hydrogens is 366 g/mol. The van der Waals surface area contributed by atoms with Gasteiger partial charge in [0.1, 0.15) is 0 Å². The van der Waals surface area contributed by atoms with Crippen LogP contribution in [-0.4, -0.2) is 33.7 Å². The Bertz CT molecular complexity index is 919. The molecule has 0 bridgehead atoms. The van der Waals surface area contributed by atoms with Crippen molar-refractivity contribution in [2.75, 3.05) is 5.32 Å². The molecule has 6 nitrogen and oxygen atoms in total. The Hall–Kier alpha value is -3.15. The van der Waals surface area contributed by atoms with Crippen LogP contribution in [0.1, 0.15) is 42.4 Å². The van der Waals surface area contributed by atoms with Crippen LogP contribution in [-0.2, 0) is 22.7 Å². The molecule has 0 atom stereocenters. The summed E-state index contributed by atoms with van der Waals surface area (Å²) in [5, 5.41) is 2.98. The van der Waals surface area contributed by atoms with Gasteiger partial charge in [-0.3, -0.25) is 14.5 Å². The van der Waals surface area contributed by atoms with Crippen molar-refractivity contribution < 1.29 is 14.4 Å². The molecule has 150 valence electrons. The smallest absolute Gasteiger partial charge is 0.317 e. The van der Waals surface area contributed by atoms with Gasteiger partial charge in [0.25, 0.3) is 0 Å². The van der Waals surface area contributed by atoms with E-state index in [-0.39, 0.29) is 24.4 Å². The van der Waals surface area contributed by atoms with Gasteiger partial charge in [0, 0.05) is 31.1 Å². The second kappa shape index (κ2) is 8.07. The third-order valence-electron chi connectivity index (χ3n) is 5.38. The normalized spacial score (nSPS) is 16.2. The molecule has 1 N–H and O–H groups in total. The molecule has 6 heteroatoms. The number of likely N-dealkylation sites (tertiary alicyclic amines) is 1. The molecule has 29 heavy (non-hydrogen) atoms. The molecule has 1 aliphatic heterocycles. The minimum absolute atomic E-state index is 0.105. The number of amides is 4. The maximum Gasteiger partial charge on any atom is 0.322 e. The molecule has 2 fully saturated rings. The minimum Gasteiger partial charge on any atom is -0.317 e. The molecule has 0 aromatic heterocycles. The van der Waals surface area contributed by atoms with E-state index in [9.17, 15) is 14.4 Å². The Kier molecular flexibility index (Phi) is 5.34. The highest BCUT2D eigenvalue weighted by molar-refractivity contribution is 6.01. The number of imide groups is 1. The van der Waals surface area contributed by atoms with Crippen LogP contribution in [0, 0.1) is 6.92 Å². The lowest BCUT2D eigenvalue weighted by atomic mass is 10.1. The van der Waals surface area contributed by atoms with Crippen LogP contribution in [0.2, 0.25) is 0 Å². The number of carbonyl (C=O) groups is 3. The first-order valence-corrected chi connectivity index (χ1v) is 10.0. The fourth-order valence-corrected chi connectivity index (χ4v) is 3.63. The molecule has 4 amide bonds. The van der Waals surface area contributed by atoms with Crippen LogP contribution in [0.4, 0.5) is 10.5 Å². The quantitative estimate of drug-likeness (QED) is 0.761. The summed E-state index contributed by atoms with van der Waals surface area (Å²) in [6.07, 6.45) is 2.67. The van der Waals surface area contributed by atoms with Crippen molar-refractivity contribution in [2.45, 2.75) is 51.7 Å². The number of aryl methyl sites for hydroxylation is 1. The van der Waals surface area contributed by atoms with Crippen LogP contribution >= 0.6 is 0 Å². The summed E-state index contributed by atoms with van der Waals surface area (Å²) in [7, 11) is 0. The lowest BCUT2D eigenvalue weighted by Gasteiger charge is -2.23. The van der Waals surface area contributed by atoms with E-state index in [1.165, 1.54) is 10.5 Å². The van der Waals surface area contributed by atoms with E-state index in [0.717, 1.165) is 24.0 Å². The van der Waals surface area contributed by atoms with Gasteiger partial charge in [0.2, 0.25) is 11.8 Å². The second-order valence-corrected chi connectivity index (χ2v) is 7.85. The summed E-state index contributed by atoms with van der Waals surface area (Å²) in [5.74, 6) is -0.243. The first-order valence-electron chi connectivity index (χ1n) is 10.0. The molecule has 2 aromatic rings. The molecule has 0 spiro atoms. The zero-order chi connectivity index (χ0) is 20.4. The third-order valence-corrected chi connectivity index (χ3v) is 5.38. The van der Waals surface area contributed by atoms with Gasteiger partial charge in [0.15, 0.2) is 0 Å². The predicted octanol–water partition coefficient (Wildman–Crippen LogP) is 3.84. The lowest BCUT2D eigenvalue weighted by molar-refractivity contribution is -0.139. The van der Waals surface area contributed by atoms with Gasteiger partial charge in [-0.25, -0.2) is 4.79 Å². The Morgan fingerprint density at radius 3 is 2.34 bits per heavy atom. The lowest BCUT2D eigenvalue weighted by Crippen LogP contribution is -2.36. The first kappa shape index (κ1) is 19.2. The van der Waals surface area contributed by atoms with Gasteiger partial charge in [-0.1, -0.05) is 42.0 Å². The molecule has 2 aliphatic rings. The van der Waals surface area contributed by atoms with E-state index in [1.807, 2.05) is 41.3 Å². The highest BCUT2D eigenvalue weighted by Crippen LogP contribution is 2.29. The number of rotatable bonds is 6. The van der Waals surface area contributed by atoms with Crippen LogP contribution in [0.25, 0.3) is 0 Å². The van der Waals surface area contributed by atoms with E-state index in [0.29, 0.717) is 31.1 Å². The number of hydrogen-bond donors (Lipinski definition) is 1. The molecular formula is C23H25N3O3. The van der Waals surface area contributed by atoms with Crippen LogP contribution in [0.15, 0.2) is 48.5 Å². The van der Waals surface area contributed by atoms with Gasteiger partial charge < -0.3 is 10.2 Å². The Balaban J connectivity index is 1.39. The number of anilines is 1. The zero-order valence-electron chi connectivity index (χ0n) is 16.6. The first-order chi connectivity index (χ1) is 14.0. The zero-order valence-corrected chi connectivity index (χ0v) is 16.6. The minimum atomic E-state index is -0.122. The van der Waals surface area contributed by atoms with Crippen molar-refractivity contribution in [1.82, 2.24) is 9.80 Å². The summed E-state index contributed by atoms with van der Waals surface area (Å²) in [6.45, 7) is 2.93. The molecule has 1 heterocycles. The van der Waals surface area contributed by atoms with Gasteiger partial charge in [0.05, 0.1) is 6.54 Å². The molecule has 0 radical (unpaired) electrons. The standard InChI is InChI=1S/C23H25N3O3/c1-16-3-2-4-18(13-16)15-25(20-9-10-20)23(29)24-19-7-5-17(6-8-19)14-26-21(27)11-12-22(26)28/h2-8,13,20H,9-12,14-15H2,1H3,(H,24,29). The Morgan fingerprint density at radius 1 is 1.03 bits per heavy atom. The summed E-state index contributed by atoms with van der Waals surface area (Å²) in [5.41, 5.74) is 3.88. The van der Waals surface area contributed by atoms with Crippen LogP contribution in [0.5, 0.6) is 0 Å². The topological polar surface area (TPSA) is 69.7 Å². The van der Waals surface area contributed by atoms with Crippen molar-refractivity contribution >= 4 is 23.5 Å². The Morgan fingerprint density at radius 2 is 1.72 bits per heavy atom. The van der Waals surface area contributed by atoms with Gasteiger partial charge in [-0.2, -0.15) is 0 Å². The molecule has 1 saturated carbocycles. The van der Waals surface area contributed by atoms with Crippen molar-refractivity contribution in [2.24, 2.45) is 0 Å². The summed E-state index contributed by atoms with van der Waals surface area (Å²) in [6, 6.07) is 15.7. The van der Waals surface area contributed by atoms with Crippen LogP contribution in [0.3, 0.4) is 0 Å². The number of carbonyl (C=O) groups excluding carboxylic acids is 3. The predicted molar refractivity (Wildman–Crippen MR) is 110 cm³/mol. The largest absolute Gasteiger partial charge is 0.322 e. The highest BCUT2D eigenvalue weighted by Gasteiger charge is 2.33. The molecule has 1 saturated heterocycles. The van der Waals surface area contributed by atoms with Crippen molar-refractivity contribution in [3.8, 4) is 0 Å². The van der Waals surface area contributed by atoms with Gasteiger partial charge >= 0.3 is 6.03 Å². The molecule has 2 aromatic carbocycles. The van der Waals surface area contributed by atoms with Gasteiger partial charge in [-0.15, -0.1) is 0 Å². The second-order valence-electron chi connectivity index (χ2n) is 7.85. The van der Waals surface area contributed by atoms with Crippen LogP contribution < -0.4 is 5.32 Å². The van der Waals surface area contributed by atoms with E-state index >= 15 is 0 Å². The van der Waals surface area contributed by atoms with E-state index in [2.05, 4.69) is 24.4 Å². The third kappa shape index (κ3) is 4.65. The SMILES string of the molecule is Cc1cccc(CN(C(=O)Nc2ccc(CN3C(=O)CCC3=O)cc2)C2CC2)c1. The Labute approximate surface area is 170 Å². The van der Waals surface area contributed by atoms with Crippen molar-refractivity contribution in [3.05, 3.63) is 65.2 Å².